The second-order valence-electron chi connectivity index (χ2n) is 4.48. The van der Waals surface area contributed by atoms with Crippen molar-refractivity contribution in [2.45, 2.75) is 13.5 Å². The van der Waals surface area contributed by atoms with E-state index in [1.807, 2.05) is 50.4 Å². The van der Waals surface area contributed by atoms with Crippen LogP contribution in [0, 0.1) is 18.3 Å². The number of hydrogen-bond acceptors (Lipinski definition) is 3. The largest absolute Gasteiger partial charge is 0.456 e. The molecule has 2 aromatic rings. The molecular weight excluding hydrogens is 316 g/mol. The third-order valence-corrected chi connectivity index (χ3v) is 3.41. The van der Waals surface area contributed by atoms with Crippen LogP contribution in [0.15, 0.2) is 40.9 Å². The van der Waals surface area contributed by atoms with E-state index in [0.717, 1.165) is 27.9 Å². The number of nitrogens with zero attached hydrogens (tertiary/aromatic N) is 1. The van der Waals surface area contributed by atoms with E-state index >= 15 is 0 Å². The van der Waals surface area contributed by atoms with Crippen molar-refractivity contribution in [3.05, 3.63) is 57.6 Å². The van der Waals surface area contributed by atoms with E-state index in [4.69, 9.17) is 4.74 Å². The molecule has 3 nitrogen and oxygen atoms in total. The molecular formula is C16H15BrN2O. The van der Waals surface area contributed by atoms with Crippen molar-refractivity contribution in [1.29, 1.82) is 5.26 Å². The number of ether oxygens (including phenoxy) is 1. The van der Waals surface area contributed by atoms with Gasteiger partial charge in [-0.05, 0) is 49.4 Å². The minimum atomic E-state index is 0.539. The zero-order valence-electron chi connectivity index (χ0n) is 11.4. The molecule has 0 radical (unpaired) electrons. The first kappa shape index (κ1) is 14.6. The molecule has 0 aliphatic rings. The molecule has 0 unspecified atom stereocenters. The number of benzene rings is 2. The van der Waals surface area contributed by atoms with Crippen LogP contribution < -0.4 is 10.1 Å². The zero-order chi connectivity index (χ0) is 14.5. The highest BCUT2D eigenvalue weighted by atomic mass is 79.9. The lowest BCUT2D eigenvalue weighted by Crippen LogP contribution is -2.05. The summed E-state index contributed by atoms with van der Waals surface area (Å²) in [6.07, 6.45) is 0. The Hall–Kier alpha value is -1.83. The number of halogens is 1. The molecule has 20 heavy (non-hydrogen) atoms. The Morgan fingerprint density at radius 2 is 2.00 bits per heavy atom. The topological polar surface area (TPSA) is 45.0 Å². The second kappa shape index (κ2) is 6.56. The Labute approximate surface area is 127 Å². The van der Waals surface area contributed by atoms with Crippen LogP contribution in [0.4, 0.5) is 0 Å². The molecule has 0 bridgehead atoms. The van der Waals surface area contributed by atoms with Crippen molar-refractivity contribution in [3.63, 3.8) is 0 Å². The van der Waals surface area contributed by atoms with E-state index in [-0.39, 0.29) is 0 Å². The molecule has 0 aliphatic carbocycles. The van der Waals surface area contributed by atoms with Crippen LogP contribution in [-0.4, -0.2) is 7.05 Å². The summed E-state index contributed by atoms with van der Waals surface area (Å²) in [4.78, 5) is 0. The third-order valence-electron chi connectivity index (χ3n) is 2.92. The average molecular weight is 331 g/mol. The summed E-state index contributed by atoms with van der Waals surface area (Å²) in [7, 11) is 1.88. The standard InChI is InChI=1S/C16H15BrN2O/c1-11-3-5-14(17)8-16(11)20-15-6-4-12(10-19-2)7-13(15)9-18/h3-8,19H,10H2,1-2H3. The van der Waals surface area contributed by atoms with Gasteiger partial charge in [-0.2, -0.15) is 5.26 Å². The number of nitriles is 1. The molecule has 0 amide bonds. The first-order valence-electron chi connectivity index (χ1n) is 6.25. The molecule has 0 spiro atoms. The quantitative estimate of drug-likeness (QED) is 0.916. The van der Waals surface area contributed by atoms with Crippen LogP contribution in [0.3, 0.4) is 0 Å². The fraction of sp³-hybridized carbons (Fsp3) is 0.188. The Morgan fingerprint density at radius 3 is 2.70 bits per heavy atom. The molecule has 0 aliphatic heterocycles. The summed E-state index contributed by atoms with van der Waals surface area (Å²) in [5, 5.41) is 12.3. The third kappa shape index (κ3) is 3.38. The van der Waals surface area contributed by atoms with Gasteiger partial charge < -0.3 is 10.1 Å². The molecule has 2 aromatic carbocycles. The molecule has 0 atom stereocenters. The molecule has 0 aromatic heterocycles. The highest BCUT2D eigenvalue weighted by molar-refractivity contribution is 9.10. The summed E-state index contributed by atoms with van der Waals surface area (Å²) >= 11 is 3.42. The summed E-state index contributed by atoms with van der Waals surface area (Å²) in [5.74, 6) is 1.32. The van der Waals surface area contributed by atoms with Gasteiger partial charge in [0, 0.05) is 11.0 Å². The van der Waals surface area contributed by atoms with E-state index in [9.17, 15) is 5.26 Å². The van der Waals surface area contributed by atoms with Crippen molar-refractivity contribution < 1.29 is 4.74 Å². The fourth-order valence-corrected chi connectivity index (χ4v) is 2.21. The van der Waals surface area contributed by atoms with E-state index in [1.165, 1.54) is 0 Å². The van der Waals surface area contributed by atoms with Crippen LogP contribution in [-0.2, 0) is 6.54 Å². The van der Waals surface area contributed by atoms with Gasteiger partial charge in [-0.15, -0.1) is 0 Å². The maximum Gasteiger partial charge on any atom is 0.145 e. The lowest BCUT2D eigenvalue weighted by molar-refractivity contribution is 0.476. The van der Waals surface area contributed by atoms with Crippen LogP contribution in [0.5, 0.6) is 11.5 Å². The maximum atomic E-state index is 9.25. The van der Waals surface area contributed by atoms with Gasteiger partial charge >= 0.3 is 0 Å². The lowest BCUT2D eigenvalue weighted by atomic mass is 10.1. The fourth-order valence-electron chi connectivity index (χ4n) is 1.87. The van der Waals surface area contributed by atoms with Crippen LogP contribution in [0.1, 0.15) is 16.7 Å². The average Bonchev–Trinajstić information content (AvgIpc) is 2.44. The van der Waals surface area contributed by atoms with Crippen molar-refractivity contribution in [1.82, 2.24) is 5.32 Å². The molecule has 0 saturated heterocycles. The normalized spacial score (nSPS) is 10.1. The maximum absolute atomic E-state index is 9.25. The molecule has 4 heteroatoms. The Kier molecular flexibility index (Phi) is 4.78. The Morgan fingerprint density at radius 1 is 1.20 bits per heavy atom. The highest BCUT2D eigenvalue weighted by Crippen LogP contribution is 2.30. The summed E-state index contributed by atoms with van der Waals surface area (Å²) < 4.78 is 6.82. The van der Waals surface area contributed by atoms with Gasteiger partial charge in [0.15, 0.2) is 0 Å². The summed E-state index contributed by atoms with van der Waals surface area (Å²) in [5.41, 5.74) is 2.62. The van der Waals surface area contributed by atoms with E-state index < -0.39 is 0 Å². The highest BCUT2D eigenvalue weighted by Gasteiger charge is 2.08. The molecule has 0 heterocycles. The van der Waals surface area contributed by atoms with Gasteiger partial charge in [-0.1, -0.05) is 28.1 Å². The summed E-state index contributed by atoms with van der Waals surface area (Å²) in [6, 6.07) is 13.7. The Balaban J connectivity index is 2.34. The number of rotatable bonds is 4. The van der Waals surface area contributed by atoms with E-state index in [0.29, 0.717) is 11.3 Å². The predicted octanol–water partition coefficient (Wildman–Crippen LogP) is 4.14. The molecule has 0 fully saturated rings. The Bertz CT molecular complexity index is 662. The molecule has 102 valence electrons. The van der Waals surface area contributed by atoms with Gasteiger partial charge in [-0.3, -0.25) is 0 Å². The van der Waals surface area contributed by atoms with Crippen LogP contribution >= 0.6 is 15.9 Å². The summed E-state index contributed by atoms with van der Waals surface area (Å²) in [6.45, 7) is 2.70. The molecule has 2 rings (SSSR count). The van der Waals surface area contributed by atoms with Crippen molar-refractivity contribution in [3.8, 4) is 17.6 Å². The van der Waals surface area contributed by atoms with Gasteiger partial charge in [0.2, 0.25) is 0 Å². The first-order valence-corrected chi connectivity index (χ1v) is 7.05. The van der Waals surface area contributed by atoms with Gasteiger partial charge in [0.25, 0.3) is 0 Å². The zero-order valence-corrected chi connectivity index (χ0v) is 13.0. The SMILES string of the molecule is CNCc1ccc(Oc2cc(Br)ccc2C)c(C#N)c1. The number of hydrogen-bond donors (Lipinski definition) is 1. The van der Waals surface area contributed by atoms with E-state index in [1.54, 1.807) is 0 Å². The monoisotopic (exact) mass is 330 g/mol. The molecule has 0 saturated carbocycles. The first-order chi connectivity index (χ1) is 9.63. The molecule has 1 N–H and O–H groups in total. The van der Waals surface area contributed by atoms with Gasteiger partial charge in [0.05, 0.1) is 5.56 Å². The number of aryl methyl sites for hydroxylation is 1. The van der Waals surface area contributed by atoms with E-state index in [2.05, 4.69) is 27.3 Å². The smallest absolute Gasteiger partial charge is 0.145 e. The van der Waals surface area contributed by atoms with Crippen molar-refractivity contribution >= 4 is 15.9 Å². The minimum absolute atomic E-state index is 0.539. The van der Waals surface area contributed by atoms with Gasteiger partial charge in [-0.25, -0.2) is 0 Å². The number of nitrogens with one attached hydrogen (secondary N) is 1. The van der Waals surface area contributed by atoms with Crippen LogP contribution in [0.2, 0.25) is 0 Å². The van der Waals surface area contributed by atoms with Crippen molar-refractivity contribution in [2.24, 2.45) is 0 Å². The minimum Gasteiger partial charge on any atom is -0.456 e. The van der Waals surface area contributed by atoms with Crippen LogP contribution in [0.25, 0.3) is 0 Å². The predicted molar refractivity (Wildman–Crippen MR) is 82.9 cm³/mol. The van der Waals surface area contributed by atoms with Crippen molar-refractivity contribution in [2.75, 3.05) is 7.05 Å². The second-order valence-corrected chi connectivity index (χ2v) is 5.40. The lowest BCUT2D eigenvalue weighted by Gasteiger charge is -2.11. The van der Waals surface area contributed by atoms with Gasteiger partial charge in [0.1, 0.15) is 17.6 Å².